The number of esters is 1. The highest BCUT2D eigenvalue weighted by atomic mass is 35.5. The van der Waals surface area contributed by atoms with Crippen molar-refractivity contribution in [3.63, 3.8) is 0 Å². The van der Waals surface area contributed by atoms with E-state index < -0.39 is 6.10 Å². The maximum atomic E-state index is 11.4. The summed E-state index contributed by atoms with van der Waals surface area (Å²) in [5.74, 6) is 0.296. The molecule has 0 amide bonds. The van der Waals surface area contributed by atoms with E-state index in [9.17, 15) is 4.79 Å². The number of hydrogen-bond acceptors (Lipinski definition) is 4. The Morgan fingerprint density at radius 1 is 1.35 bits per heavy atom. The van der Waals surface area contributed by atoms with Crippen LogP contribution in [0.15, 0.2) is 24.3 Å². The Balaban J connectivity index is 2.11. The normalized spacial score (nSPS) is 12.7. The molecule has 120 valence electrons. The van der Waals surface area contributed by atoms with E-state index in [2.05, 4.69) is 21.9 Å². The lowest BCUT2D eigenvalue weighted by atomic mass is 10.1. The zero-order valence-corrected chi connectivity index (χ0v) is 13.9. The lowest BCUT2D eigenvalue weighted by Gasteiger charge is -2.13. The van der Waals surface area contributed by atoms with E-state index >= 15 is 0 Å². The van der Waals surface area contributed by atoms with Crippen molar-refractivity contribution in [2.45, 2.75) is 39.2 Å². The van der Waals surface area contributed by atoms with Crippen LogP contribution in [0.3, 0.4) is 0 Å². The van der Waals surface area contributed by atoms with E-state index in [1.165, 1.54) is 6.92 Å². The molecule has 5 nitrogen and oxygen atoms in total. The van der Waals surface area contributed by atoms with Crippen molar-refractivity contribution in [3.8, 4) is 0 Å². The highest BCUT2D eigenvalue weighted by molar-refractivity contribution is 6.35. The molecule has 0 aliphatic heterocycles. The number of rotatable bonds is 5. The SMILES string of the molecule is CCCCC(OC(C)=O)c1nc2c(Cl)nc3ccccc3c2[nH]1. The number of H-pyrrole nitrogens is 1. The monoisotopic (exact) mass is 331 g/mol. The second kappa shape index (κ2) is 6.54. The Hall–Kier alpha value is -2.14. The topological polar surface area (TPSA) is 67.9 Å². The quantitative estimate of drug-likeness (QED) is 0.549. The molecular weight excluding hydrogens is 314 g/mol. The molecule has 1 aromatic carbocycles. The minimum Gasteiger partial charge on any atom is -0.454 e. The number of hydrogen-bond donors (Lipinski definition) is 1. The van der Waals surface area contributed by atoms with Crippen molar-refractivity contribution < 1.29 is 9.53 Å². The fourth-order valence-corrected chi connectivity index (χ4v) is 2.90. The smallest absolute Gasteiger partial charge is 0.303 e. The van der Waals surface area contributed by atoms with Crippen LogP contribution in [0.5, 0.6) is 0 Å². The molecule has 0 saturated heterocycles. The lowest BCUT2D eigenvalue weighted by Crippen LogP contribution is -2.10. The maximum absolute atomic E-state index is 11.4. The lowest BCUT2D eigenvalue weighted by molar-refractivity contribution is -0.147. The molecule has 0 fully saturated rings. The molecule has 3 aromatic rings. The highest BCUT2D eigenvalue weighted by Gasteiger charge is 2.20. The first-order valence-corrected chi connectivity index (χ1v) is 8.09. The summed E-state index contributed by atoms with van der Waals surface area (Å²) < 4.78 is 5.42. The van der Waals surface area contributed by atoms with Gasteiger partial charge in [-0.3, -0.25) is 4.79 Å². The minimum absolute atomic E-state index is 0.319. The number of carbonyl (C=O) groups is 1. The van der Waals surface area contributed by atoms with Crippen LogP contribution in [0.1, 0.15) is 45.0 Å². The van der Waals surface area contributed by atoms with Crippen LogP contribution in [0.2, 0.25) is 5.15 Å². The third-order valence-electron chi connectivity index (χ3n) is 3.74. The zero-order valence-electron chi connectivity index (χ0n) is 13.1. The standard InChI is InChI=1S/C17H18ClN3O2/c1-3-4-9-13(23-10(2)22)17-20-14-11-7-5-6-8-12(11)19-16(18)15(14)21-17/h5-8,13H,3-4,9H2,1-2H3,(H,20,21). The first-order valence-electron chi connectivity index (χ1n) is 7.71. The fraction of sp³-hybridized carbons (Fsp3) is 0.353. The Morgan fingerprint density at radius 2 is 2.13 bits per heavy atom. The Morgan fingerprint density at radius 3 is 2.87 bits per heavy atom. The molecule has 2 aromatic heterocycles. The Labute approximate surface area is 139 Å². The predicted molar refractivity (Wildman–Crippen MR) is 90.4 cm³/mol. The first-order chi connectivity index (χ1) is 11.1. The van der Waals surface area contributed by atoms with Crippen LogP contribution in [-0.2, 0) is 9.53 Å². The summed E-state index contributed by atoms with van der Waals surface area (Å²) >= 11 is 6.26. The van der Waals surface area contributed by atoms with Crippen LogP contribution >= 0.6 is 11.6 Å². The summed E-state index contributed by atoms with van der Waals surface area (Å²) in [5, 5.41) is 1.29. The molecule has 23 heavy (non-hydrogen) atoms. The van der Waals surface area contributed by atoms with Gasteiger partial charge in [0.2, 0.25) is 0 Å². The number of aromatic nitrogens is 3. The van der Waals surface area contributed by atoms with Crippen molar-refractivity contribution in [1.29, 1.82) is 0 Å². The van der Waals surface area contributed by atoms with E-state index in [0.717, 1.165) is 35.7 Å². The zero-order chi connectivity index (χ0) is 16.4. The van der Waals surface area contributed by atoms with Crippen molar-refractivity contribution >= 4 is 39.5 Å². The van der Waals surface area contributed by atoms with Gasteiger partial charge in [0, 0.05) is 12.3 Å². The third-order valence-corrected chi connectivity index (χ3v) is 4.01. The number of halogens is 1. The van der Waals surface area contributed by atoms with Gasteiger partial charge in [0.25, 0.3) is 0 Å². The molecule has 1 unspecified atom stereocenters. The molecule has 3 rings (SSSR count). The van der Waals surface area contributed by atoms with Crippen molar-refractivity contribution in [2.24, 2.45) is 0 Å². The highest BCUT2D eigenvalue weighted by Crippen LogP contribution is 2.30. The molecule has 2 heterocycles. The van der Waals surface area contributed by atoms with Gasteiger partial charge in [-0.15, -0.1) is 0 Å². The number of imidazole rings is 1. The molecule has 0 aliphatic carbocycles. The fourth-order valence-electron chi connectivity index (χ4n) is 2.67. The molecule has 1 atom stereocenters. The van der Waals surface area contributed by atoms with E-state index in [0.29, 0.717) is 16.5 Å². The van der Waals surface area contributed by atoms with Gasteiger partial charge in [-0.2, -0.15) is 0 Å². The van der Waals surface area contributed by atoms with E-state index in [1.54, 1.807) is 0 Å². The maximum Gasteiger partial charge on any atom is 0.303 e. The number of nitrogens with one attached hydrogen (secondary N) is 1. The number of aromatic amines is 1. The molecule has 0 aliphatic rings. The van der Waals surface area contributed by atoms with Gasteiger partial charge in [-0.05, 0) is 18.9 Å². The van der Waals surface area contributed by atoms with Gasteiger partial charge in [0.05, 0.1) is 11.0 Å². The number of fused-ring (bicyclic) bond motifs is 3. The van der Waals surface area contributed by atoms with Gasteiger partial charge < -0.3 is 9.72 Å². The average Bonchev–Trinajstić information content (AvgIpc) is 2.97. The van der Waals surface area contributed by atoms with Crippen LogP contribution in [-0.4, -0.2) is 20.9 Å². The molecule has 1 N–H and O–H groups in total. The van der Waals surface area contributed by atoms with Crippen molar-refractivity contribution in [3.05, 3.63) is 35.2 Å². The number of unbranched alkanes of at least 4 members (excludes halogenated alkanes) is 1. The Kier molecular flexibility index (Phi) is 4.48. The summed E-state index contributed by atoms with van der Waals surface area (Å²) in [6.07, 6.45) is 2.29. The van der Waals surface area contributed by atoms with E-state index in [4.69, 9.17) is 16.3 Å². The van der Waals surface area contributed by atoms with E-state index in [1.807, 2.05) is 24.3 Å². The van der Waals surface area contributed by atoms with Gasteiger partial charge in [0.1, 0.15) is 11.3 Å². The van der Waals surface area contributed by atoms with Crippen LogP contribution in [0.25, 0.3) is 21.9 Å². The molecule has 0 spiro atoms. The molecular formula is C17H18ClN3O2. The Bertz CT molecular complexity index is 860. The average molecular weight is 332 g/mol. The molecule has 0 bridgehead atoms. The number of nitrogens with zero attached hydrogens (tertiary/aromatic N) is 2. The predicted octanol–water partition coefficient (Wildman–Crippen LogP) is 4.56. The van der Waals surface area contributed by atoms with Crippen LogP contribution in [0, 0.1) is 0 Å². The number of pyridine rings is 1. The van der Waals surface area contributed by atoms with Crippen LogP contribution < -0.4 is 0 Å². The second-order valence-corrected chi connectivity index (χ2v) is 5.86. The van der Waals surface area contributed by atoms with Gasteiger partial charge in [-0.25, -0.2) is 9.97 Å². The van der Waals surface area contributed by atoms with Crippen molar-refractivity contribution in [2.75, 3.05) is 0 Å². The summed E-state index contributed by atoms with van der Waals surface area (Å²) in [6.45, 7) is 3.50. The second-order valence-electron chi connectivity index (χ2n) is 5.51. The number of ether oxygens (including phenoxy) is 1. The number of benzene rings is 1. The van der Waals surface area contributed by atoms with E-state index in [-0.39, 0.29) is 5.97 Å². The van der Waals surface area contributed by atoms with Crippen LogP contribution in [0.4, 0.5) is 0 Å². The first kappa shape index (κ1) is 15.7. The molecule has 0 saturated carbocycles. The van der Waals surface area contributed by atoms with Gasteiger partial charge >= 0.3 is 5.97 Å². The van der Waals surface area contributed by atoms with Gasteiger partial charge in [0.15, 0.2) is 11.3 Å². The summed E-state index contributed by atoms with van der Waals surface area (Å²) in [4.78, 5) is 23.6. The molecule has 0 radical (unpaired) electrons. The largest absolute Gasteiger partial charge is 0.454 e. The summed E-state index contributed by atoms with van der Waals surface area (Å²) in [6, 6.07) is 7.73. The summed E-state index contributed by atoms with van der Waals surface area (Å²) in [7, 11) is 0. The molecule has 6 heteroatoms. The summed E-state index contributed by atoms with van der Waals surface area (Å²) in [5.41, 5.74) is 2.23. The number of carbonyl (C=O) groups excluding carboxylic acids is 1. The number of para-hydroxylation sites is 1. The minimum atomic E-state index is -0.394. The van der Waals surface area contributed by atoms with Gasteiger partial charge in [-0.1, -0.05) is 43.1 Å². The van der Waals surface area contributed by atoms with Crippen molar-refractivity contribution in [1.82, 2.24) is 15.0 Å². The third kappa shape index (κ3) is 3.15.